The molecule has 21 heavy (non-hydrogen) atoms. The Morgan fingerprint density at radius 2 is 1.81 bits per heavy atom. The van der Waals surface area contributed by atoms with Gasteiger partial charge in [-0.05, 0) is 30.7 Å². The van der Waals surface area contributed by atoms with Gasteiger partial charge in [-0.1, -0.05) is 11.6 Å². The van der Waals surface area contributed by atoms with Crippen LogP contribution in [0.25, 0.3) is 0 Å². The normalized spacial score (nSPS) is 11.2. The number of hydrogen-bond donors (Lipinski definition) is 1. The lowest BCUT2D eigenvalue weighted by atomic mass is 10.2. The molecule has 8 heteroatoms. The van der Waals surface area contributed by atoms with Crippen LogP contribution in [0, 0.1) is 6.92 Å². The monoisotopic (exact) mass is 347 g/mol. The molecular formula is C13H14ClNO4S2. The molecular weight excluding hydrogens is 334 g/mol. The van der Waals surface area contributed by atoms with Crippen LogP contribution in [0.1, 0.15) is 5.56 Å². The number of thiophene rings is 1. The summed E-state index contributed by atoms with van der Waals surface area (Å²) in [7, 11) is -0.721. The molecule has 0 saturated heterocycles. The summed E-state index contributed by atoms with van der Waals surface area (Å²) in [6.07, 6.45) is 0. The molecule has 0 bridgehead atoms. The minimum Gasteiger partial charge on any atom is -0.496 e. The van der Waals surface area contributed by atoms with E-state index in [0.717, 1.165) is 16.9 Å². The average molecular weight is 348 g/mol. The maximum absolute atomic E-state index is 12.3. The highest BCUT2D eigenvalue weighted by Crippen LogP contribution is 2.35. The van der Waals surface area contributed by atoms with Crippen molar-refractivity contribution in [1.29, 1.82) is 0 Å². The highest BCUT2D eigenvalue weighted by molar-refractivity contribution is 7.94. The Kier molecular flexibility index (Phi) is 4.65. The number of benzene rings is 1. The summed E-state index contributed by atoms with van der Waals surface area (Å²) in [6.45, 7) is 1.85. The van der Waals surface area contributed by atoms with Gasteiger partial charge in [0.15, 0.2) is 0 Å². The first-order valence-electron chi connectivity index (χ1n) is 5.88. The summed E-state index contributed by atoms with van der Waals surface area (Å²) in [5, 5.41) is 0. The Bertz CT molecular complexity index is 756. The van der Waals surface area contributed by atoms with Crippen molar-refractivity contribution in [2.24, 2.45) is 0 Å². The van der Waals surface area contributed by atoms with Crippen LogP contribution in [0.3, 0.4) is 0 Å². The van der Waals surface area contributed by atoms with E-state index in [4.69, 9.17) is 21.1 Å². The van der Waals surface area contributed by atoms with Crippen LogP contribution in [0.2, 0.25) is 4.34 Å². The van der Waals surface area contributed by atoms with Gasteiger partial charge in [0.1, 0.15) is 15.7 Å². The molecule has 0 fully saturated rings. The quantitative estimate of drug-likeness (QED) is 0.898. The minimum absolute atomic E-state index is 0.133. The van der Waals surface area contributed by atoms with Gasteiger partial charge < -0.3 is 9.47 Å². The van der Waals surface area contributed by atoms with Crippen molar-refractivity contribution < 1.29 is 17.9 Å². The number of ether oxygens (including phenoxy) is 2. The molecule has 114 valence electrons. The number of aryl methyl sites for hydroxylation is 1. The lowest BCUT2D eigenvalue weighted by Gasteiger charge is -2.14. The first-order chi connectivity index (χ1) is 9.87. The van der Waals surface area contributed by atoms with E-state index < -0.39 is 10.0 Å². The predicted octanol–water partition coefficient (Wildman–Crippen LogP) is 3.53. The van der Waals surface area contributed by atoms with E-state index in [0.29, 0.717) is 21.5 Å². The summed E-state index contributed by atoms with van der Waals surface area (Å²) in [4.78, 5) is 0. The number of nitrogens with one attached hydrogen (secondary N) is 1. The summed E-state index contributed by atoms with van der Waals surface area (Å²) < 4.78 is 38.1. The van der Waals surface area contributed by atoms with E-state index >= 15 is 0 Å². The molecule has 0 radical (unpaired) electrons. The highest BCUT2D eigenvalue weighted by atomic mass is 35.5. The van der Waals surface area contributed by atoms with Gasteiger partial charge in [-0.2, -0.15) is 0 Å². The van der Waals surface area contributed by atoms with Crippen LogP contribution in [0.4, 0.5) is 5.69 Å². The van der Waals surface area contributed by atoms with Crippen molar-refractivity contribution in [3.63, 3.8) is 0 Å². The fourth-order valence-electron chi connectivity index (χ4n) is 1.77. The Hall–Kier alpha value is -1.44. The number of sulfonamides is 1. The zero-order valence-corrected chi connectivity index (χ0v) is 14.0. The Morgan fingerprint density at radius 1 is 1.14 bits per heavy atom. The van der Waals surface area contributed by atoms with Crippen LogP contribution in [0.5, 0.6) is 11.5 Å². The minimum atomic E-state index is -3.71. The molecule has 0 amide bonds. The second kappa shape index (κ2) is 6.13. The number of anilines is 1. The zero-order valence-electron chi connectivity index (χ0n) is 11.6. The third-order valence-electron chi connectivity index (χ3n) is 2.77. The Morgan fingerprint density at radius 3 is 2.33 bits per heavy atom. The molecule has 0 aliphatic carbocycles. The first-order valence-corrected chi connectivity index (χ1v) is 8.56. The van der Waals surface area contributed by atoms with Gasteiger partial charge in [0.05, 0.1) is 24.2 Å². The van der Waals surface area contributed by atoms with Gasteiger partial charge in [-0.3, -0.25) is 4.72 Å². The summed E-state index contributed by atoms with van der Waals surface area (Å²) in [5.74, 6) is 0.984. The Labute approximate surface area is 132 Å². The smallest absolute Gasteiger partial charge is 0.271 e. The topological polar surface area (TPSA) is 64.6 Å². The number of methoxy groups -OCH3 is 2. The van der Waals surface area contributed by atoms with Crippen molar-refractivity contribution in [2.45, 2.75) is 11.1 Å². The molecule has 1 aromatic heterocycles. The Balaban J connectivity index is 2.43. The molecule has 0 unspecified atom stereocenters. The van der Waals surface area contributed by atoms with E-state index in [9.17, 15) is 8.42 Å². The number of rotatable bonds is 5. The fraction of sp³-hybridized carbons (Fsp3) is 0.231. The number of hydrogen-bond acceptors (Lipinski definition) is 5. The summed E-state index contributed by atoms with van der Waals surface area (Å²) in [5.41, 5.74) is 1.15. The van der Waals surface area contributed by atoms with Gasteiger partial charge in [0, 0.05) is 6.07 Å². The lowest BCUT2D eigenvalue weighted by Crippen LogP contribution is -2.12. The maximum Gasteiger partial charge on any atom is 0.271 e. The molecule has 2 aromatic rings. The van der Waals surface area contributed by atoms with E-state index in [2.05, 4.69) is 4.72 Å². The van der Waals surface area contributed by atoms with E-state index in [1.807, 2.05) is 6.92 Å². The lowest BCUT2D eigenvalue weighted by molar-refractivity contribution is 0.402. The van der Waals surface area contributed by atoms with Crippen LogP contribution in [-0.4, -0.2) is 22.6 Å². The molecule has 0 atom stereocenters. The van der Waals surface area contributed by atoms with E-state index in [-0.39, 0.29) is 4.21 Å². The van der Waals surface area contributed by atoms with Crippen LogP contribution in [0.15, 0.2) is 28.5 Å². The third kappa shape index (κ3) is 3.42. The SMILES string of the molecule is COc1cc(NS(=O)(=O)c2ccc(Cl)s2)c(OC)cc1C. The van der Waals surface area contributed by atoms with Crippen molar-refractivity contribution >= 4 is 38.6 Å². The molecule has 0 spiro atoms. The maximum atomic E-state index is 12.3. The third-order valence-corrected chi connectivity index (χ3v) is 5.86. The van der Waals surface area contributed by atoms with E-state index in [1.165, 1.54) is 26.4 Å². The summed E-state index contributed by atoms with van der Waals surface area (Å²) in [6, 6.07) is 6.28. The molecule has 0 saturated carbocycles. The molecule has 1 N–H and O–H groups in total. The molecule has 5 nitrogen and oxygen atoms in total. The van der Waals surface area contributed by atoms with Crippen LogP contribution >= 0.6 is 22.9 Å². The van der Waals surface area contributed by atoms with Gasteiger partial charge in [-0.25, -0.2) is 8.42 Å². The predicted molar refractivity (Wildman–Crippen MR) is 84.4 cm³/mol. The van der Waals surface area contributed by atoms with Crippen molar-refractivity contribution in [2.75, 3.05) is 18.9 Å². The van der Waals surface area contributed by atoms with Crippen LogP contribution < -0.4 is 14.2 Å². The van der Waals surface area contributed by atoms with Crippen molar-refractivity contribution in [3.8, 4) is 11.5 Å². The van der Waals surface area contributed by atoms with Crippen LogP contribution in [-0.2, 0) is 10.0 Å². The van der Waals surface area contributed by atoms with Crippen molar-refractivity contribution in [1.82, 2.24) is 0 Å². The summed E-state index contributed by atoms with van der Waals surface area (Å²) >= 11 is 6.76. The van der Waals surface area contributed by atoms with Crippen molar-refractivity contribution in [3.05, 3.63) is 34.2 Å². The van der Waals surface area contributed by atoms with Gasteiger partial charge in [0.2, 0.25) is 0 Å². The second-order valence-corrected chi connectivity index (χ2v) is 7.81. The second-order valence-electron chi connectivity index (χ2n) is 4.19. The van der Waals surface area contributed by atoms with Gasteiger partial charge >= 0.3 is 0 Å². The van der Waals surface area contributed by atoms with E-state index in [1.54, 1.807) is 12.1 Å². The largest absolute Gasteiger partial charge is 0.496 e. The standard InChI is InChI=1S/C13H14ClNO4S2/c1-8-6-11(19-3)9(7-10(8)18-2)15-21(16,17)13-5-4-12(14)20-13/h4-7,15H,1-3H3. The molecule has 2 rings (SSSR count). The average Bonchev–Trinajstić information content (AvgIpc) is 2.87. The molecule has 1 aromatic carbocycles. The van der Waals surface area contributed by atoms with Gasteiger partial charge in [0.25, 0.3) is 10.0 Å². The molecule has 1 heterocycles. The molecule has 0 aliphatic rings. The van der Waals surface area contributed by atoms with Gasteiger partial charge in [-0.15, -0.1) is 11.3 Å². The number of halogens is 1. The first kappa shape index (κ1) is 15.9. The fourth-order valence-corrected chi connectivity index (χ4v) is 4.31. The highest BCUT2D eigenvalue weighted by Gasteiger charge is 2.20. The molecule has 0 aliphatic heterocycles. The zero-order chi connectivity index (χ0) is 15.6.